The molecule has 0 saturated heterocycles. The molecule has 8 heteroatoms. The third-order valence-corrected chi connectivity index (χ3v) is 6.24. The summed E-state index contributed by atoms with van der Waals surface area (Å²) in [5.41, 5.74) is 1.24. The first kappa shape index (κ1) is 29.2. The van der Waals surface area contributed by atoms with Crippen LogP contribution in [0.5, 0.6) is 0 Å². The predicted octanol–water partition coefficient (Wildman–Crippen LogP) is 6.12. The fraction of sp³-hybridized carbons (Fsp3) is 0.464. The molecule has 0 bridgehead atoms. The van der Waals surface area contributed by atoms with Gasteiger partial charge in [-0.2, -0.15) is 0 Å². The normalized spacial score (nSPS) is 13.8. The number of halogens is 1. The van der Waals surface area contributed by atoms with E-state index in [2.05, 4.69) is 10.6 Å². The van der Waals surface area contributed by atoms with Gasteiger partial charge < -0.3 is 20.3 Å². The first-order valence-corrected chi connectivity index (χ1v) is 12.7. The van der Waals surface area contributed by atoms with Crippen molar-refractivity contribution in [3.63, 3.8) is 0 Å². The molecule has 0 heterocycles. The molecule has 2 aromatic carbocycles. The molecular formula is C28H38ClN3O4. The van der Waals surface area contributed by atoms with E-state index in [4.69, 9.17) is 16.3 Å². The third kappa shape index (κ3) is 7.72. The lowest BCUT2D eigenvalue weighted by Gasteiger charge is -2.35. The predicted molar refractivity (Wildman–Crippen MR) is 144 cm³/mol. The van der Waals surface area contributed by atoms with E-state index in [1.807, 2.05) is 58.0 Å². The molecule has 2 aromatic rings. The lowest BCUT2D eigenvalue weighted by molar-refractivity contribution is -0.141. The number of alkyl carbamates (subject to hydrolysis) is 1. The Morgan fingerprint density at radius 2 is 1.67 bits per heavy atom. The topological polar surface area (TPSA) is 87.7 Å². The van der Waals surface area contributed by atoms with Gasteiger partial charge in [-0.05, 0) is 57.7 Å². The molecule has 3 unspecified atom stereocenters. The van der Waals surface area contributed by atoms with Crippen molar-refractivity contribution in [3.8, 4) is 0 Å². The van der Waals surface area contributed by atoms with Gasteiger partial charge >= 0.3 is 6.09 Å². The Bertz CT molecular complexity index is 1030. The highest BCUT2D eigenvalue weighted by molar-refractivity contribution is 6.34. The van der Waals surface area contributed by atoms with Crippen molar-refractivity contribution in [2.45, 2.75) is 72.6 Å². The van der Waals surface area contributed by atoms with Gasteiger partial charge in [-0.15, -0.1) is 0 Å². The van der Waals surface area contributed by atoms with E-state index in [9.17, 15) is 14.4 Å². The number of carbonyl (C=O) groups is 3. The maximum Gasteiger partial charge on any atom is 0.408 e. The molecule has 3 atom stereocenters. The smallest absolute Gasteiger partial charge is 0.408 e. The lowest BCUT2D eigenvalue weighted by Crippen LogP contribution is -2.54. The quantitative estimate of drug-likeness (QED) is 0.421. The second-order valence-electron chi connectivity index (χ2n) is 9.87. The van der Waals surface area contributed by atoms with Crippen molar-refractivity contribution in [1.82, 2.24) is 10.2 Å². The van der Waals surface area contributed by atoms with Gasteiger partial charge in [0.2, 0.25) is 5.91 Å². The Morgan fingerprint density at radius 1 is 1.03 bits per heavy atom. The van der Waals surface area contributed by atoms with E-state index in [1.165, 1.54) is 4.90 Å². The summed E-state index contributed by atoms with van der Waals surface area (Å²) in [4.78, 5) is 41.7. The fourth-order valence-corrected chi connectivity index (χ4v) is 4.12. The standard InChI is InChI=1S/C28H38ClN3O4/c1-8-18(3)23(31-27(35)36-28(5,6)7)26(34)32(9-2)24(20-15-11-10-12-16-20)25(33)30-22-19(4)14-13-17-21(22)29/h10-18,23-24H,8-9H2,1-7H3,(H,30,33)(H,31,35). The highest BCUT2D eigenvalue weighted by Gasteiger charge is 2.37. The molecular weight excluding hydrogens is 478 g/mol. The Balaban J connectivity index is 2.46. The van der Waals surface area contributed by atoms with Crippen LogP contribution in [0.15, 0.2) is 48.5 Å². The average molecular weight is 516 g/mol. The molecule has 3 amide bonds. The van der Waals surface area contributed by atoms with Crippen LogP contribution in [-0.4, -0.2) is 41.0 Å². The maximum atomic E-state index is 13.9. The van der Waals surface area contributed by atoms with Crippen LogP contribution in [-0.2, 0) is 14.3 Å². The monoisotopic (exact) mass is 515 g/mol. The van der Waals surface area contributed by atoms with Gasteiger partial charge in [-0.25, -0.2) is 4.79 Å². The SMILES string of the molecule is CCC(C)C(NC(=O)OC(C)(C)C)C(=O)N(CC)C(C(=O)Nc1c(C)cccc1Cl)c1ccccc1. The molecule has 2 N–H and O–H groups in total. The summed E-state index contributed by atoms with van der Waals surface area (Å²) >= 11 is 6.36. The van der Waals surface area contributed by atoms with E-state index < -0.39 is 29.7 Å². The first-order valence-electron chi connectivity index (χ1n) is 12.3. The van der Waals surface area contributed by atoms with Crippen molar-refractivity contribution >= 4 is 35.2 Å². The van der Waals surface area contributed by atoms with Gasteiger partial charge in [0.1, 0.15) is 17.7 Å². The van der Waals surface area contributed by atoms with Crippen molar-refractivity contribution in [3.05, 3.63) is 64.7 Å². The molecule has 0 aromatic heterocycles. The molecule has 7 nitrogen and oxygen atoms in total. The molecule has 0 saturated carbocycles. The van der Waals surface area contributed by atoms with E-state index in [-0.39, 0.29) is 18.4 Å². The number of hydrogen-bond donors (Lipinski definition) is 2. The zero-order valence-electron chi connectivity index (χ0n) is 22.2. The van der Waals surface area contributed by atoms with Crippen LogP contribution in [0.4, 0.5) is 10.5 Å². The zero-order valence-corrected chi connectivity index (χ0v) is 23.0. The summed E-state index contributed by atoms with van der Waals surface area (Å²) < 4.78 is 5.41. The highest BCUT2D eigenvalue weighted by atomic mass is 35.5. The first-order chi connectivity index (χ1) is 16.9. The average Bonchev–Trinajstić information content (AvgIpc) is 2.81. The Hall–Kier alpha value is -3.06. The van der Waals surface area contributed by atoms with Crippen molar-refractivity contribution in [1.29, 1.82) is 0 Å². The second kappa shape index (κ2) is 12.8. The number of nitrogens with zero attached hydrogens (tertiary/aromatic N) is 1. The largest absolute Gasteiger partial charge is 0.444 e. The van der Waals surface area contributed by atoms with Crippen LogP contribution in [0.25, 0.3) is 0 Å². The molecule has 0 fully saturated rings. The summed E-state index contributed by atoms with van der Waals surface area (Å²) in [7, 11) is 0. The Labute approximate surface area is 219 Å². The number of hydrogen-bond acceptors (Lipinski definition) is 4. The molecule has 0 aliphatic rings. The molecule has 0 aliphatic carbocycles. The van der Waals surface area contributed by atoms with Crippen molar-refractivity contribution in [2.75, 3.05) is 11.9 Å². The van der Waals surface area contributed by atoms with Crippen molar-refractivity contribution in [2.24, 2.45) is 5.92 Å². The number of benzene rings is 2. The number of amides is 3. The van der Waals surface area contributed by atoms with Gasteiger partial charge in [0.05, 0.1) is 10.7 Å². The Morgan fingerprint density at radius 3 is 2.19 bits per heavy atom. The fourth-order valence-electron chi connectivity index (χ4n) is 3.85. The molecule has 36 heavy (non-hydrogen) atoms. The van der Waals surface area contributed by atoms with Gasteiger partial charge in [-0.3, -0.25) is 9.59 Å². The maximum absolute atomic E-state index is 13.9. The minimum atomic E-state index is -0.939. The van der Waals surface area contributed by atoms with Crippen LogP contribution in [0, 0.1) is 12.8 Å². The summed E-state index contributed by atoms with van der Waals surface area (Å²) in [5, 5.41) is 6.08. The molecule has 196 valence electrons. The lowest BCUT2D eigenvalue weighted by atomic mass is 9.95. The van der Waals surface area contributed by atoms with Gasteiger partial charge in [-0.1, -0.05) is 74.3 Å². The van der Waals surface area contributed by atoms with Gasteiger partial charge in [0.15, 0.2) is 0 Å². The van der Waals surface area contributed by atoms with Gasteiger partial charge in [0.25, 0.3) is 5.91 Å². The van der Waals surface area contributed by atoms with E-state index in [1.54, 1.807) is 39.0 Å². The van der Waals surface area contributed by atoms with Gasteiger partial charge in [0, 0.05) is 6.54 Å². The highest BCUT2D eigenvalue weighted by Crippen LogP contribution is 2.29. The summed E-state index contributed by atoms with van der Waals surface area (Å²) in [6, 6.07) is 12.7. The van der Waals surface area contributed by atoms with Crippen LogP contribution in [0.1, 0.15) is 65.1 Å². The number of anilines is 1. The minimum Gasteiger partial charge on any atom is -0.444 e. The van der Waals surface area contributed by atoms with E-state index in [0.717, 1.165) is 5.56 Å². The van der Waals surface area contributed by atoms with E-state index in [0.29, 0.717) is 22.7 Å². The third-order valence-electron chi connectivity index (χ3n) is 5.92. The second-order valence-corrected chi connectivity index (χ2v) is 10.3. The molecule has 0 spiro atoms. The molecule has 0 aliphatic heterocycles. The number of rotatable bonds is 9. The molecule has 2 rings (SSSR count). The molecule has 0 radical (unpaired) electrons. The minimum absolute atomic E-state index is 0.190. The van der Waals surface area contributed by atoms with Crippen LogP contribution < -0.4 is 10.6 Å². The number of aryl methyl sites for hydroxylation is 1. The van der Waals surface area contributed by atoms with Crippen LogP contribution in [0.2, 0.25) is 5.02 Å². The number of nitrogens with one attached hydrogen (secondary N) is 2. The Kier molecular flexibility index (Phi) is 10.3. The summed E-state index contributed by atoms with van der Waals surface area (Å²) in [6.45, 7) is 13.0. The zero-order chi connectivity index (χ0) is 27.0. The number of ether oxygens (including phenoxy) is 1. The number of likely N-dealkylation sites (N-methyl/N-ethyl adjacent to an activating group) is 1. The van der Waals surface area contributed by atoms with Crippen molar-refractivity contribution < 1.29 is 19.1 Å². The number of para-hydroxylation sites is 1. The summed E-state index contributed by atoms with van der Waals surface area (Å²) in [5.74, 6) is -0.949. The van der Waals surface area contributed by atoms with E-state index >= 15 is 0 Å². The van der Waals surface area contributed by atoms with Crippen LogP contribution in [0.3, 0.4) is 0 Å². The van der Waals surface area contributed by atoms with Crippen LogP contribution >= 0.6 is 11.6 Å². The number of carbonyl (C=O) groups excluding carboxylic acids is 3. The summed E-state index contributed by atoms with van der Waals surface area (Å²) in [6.07, 6.45) is -0.0327.